The number of rotatable bonds is 5. The summed E-state index contributed by atoms with van der Waals surface area (Å²) in [5.74, 6) is 1.01. The van der Waals surface area contributed by atoms with Crippen LogP contribution in [0.1, 0.15) is 12.8 Å². The van der Waals surface area contributed by atoms with Crippen LogP contribution in [-0.4, -0.2) is 35.3 Å². The number of halogens is 1. The van der Waals surface area contributed by atoms with Gasteiger partial charge in [-0.3, -0.25) is 0 Å². The average molecular weight is 425 g/mol. The first-order valence-corrected chi connectivity index (χ1v) is 9.33. The number of hydrogen-bond donors (Lipinski definition) is 2. The molecule has 0 radical (unpaired) electrons. The monoisotopic (exact) mass is 424 g/mol. The highest BCUT2D eigenvalue weighted by Gasteiger charge is 2.15. The van der Waals surface area contributed by atoms with E-state index >= 15 is 0 Å². The van der Waals surface area contributed by atoms with Gasteiger partial charge in [0, 0.05) is 30.3 Å². The highest BCUT2D eigenvalue weighted by Crippen LogP contribution is 2.33. The van der Waals surface area contributed by atoms with Crippen molar-refractivity contribution in [1.82, 2.24) is 9.97 Å². The van der Waals surface area contributed by atoms with E-state index in [0.29, 0.717) is 17.7 Å². The Hall–Kier alpha value is -1.84. The van der Waals surface area contributed by atoms with Crippen LogP contribution >= 0.6 is 27.7 Å². The molecule has 3 rings (SSSR count). The van der Waals surface area contributed by atoms with Crippen molar-refractivity contribution in [3.8, 4) is 5.75 Å². The van der Waals surface area contributed by atoms with Crippen molar-refractivity contribution in [3.63, 3.8) is 0 Å². The fourth-order valence-electron chi connectivity index (χ4n) is 2.32. The van der Waals surface area contributed by atoms with Gasteiger partial charge in [-0.05, 0) is 53.0 Å². The van der Waals surface area contributed by atoms with Crippen LogP contribution in [0.2, 0.25) is 0 Å². The van der Waals surface area contributed by atoms with Gasteiger partial charge in [0.15, 0.2) is 0 Å². The van der Waals surface area contributed by atoms with E-state index in [1.54, 1.807) is 18.3 Å². The second-order valence-electron chi connectivity index (χ2n) is 5.37. The van der Waals surface area contributed by atoms with E-state index in [-0.39, 0.29) is 0 Å². The summed E-state index contributed by atoms with van der Waals surface area (Å²) in [4.78, 5) is 20.6. The zero-order chi connectivity index (χ0) is 17.6. The van der Waals surface area contributed by atoms with E-state index in [4.69, 9.17) is 15.2 Å². The number of carbonyl (C=O) groups is 1. The van der Waals surface area contributed by atoms with Crippen LogP contribution < -0.4 is 15.8 Å². The zero-order valence-electron chi connectivity index (χ0n) is 13.3. The Kier molecular flexibility index (Phi) is 6.11. The summed E-state index contributed by atoms with van der Waals surface area (Å²) in [5, 5.41) is 4.16. The molecule has 0 aliphatic carbocycles. The molecule has 132 valence electrons. The SMILES string of the molecule is NC(=O)Oc1ccc(Sc2nc(NC3CCOCC3)ncc2Br)cc1. The standard InChI is InChI=1S/C16H17BrN4O3S/c17-13-9-19-16(20-10-5-7-23-8-6-10)21-14(13)25-12-3-1-11(2-4-12)24-15(18)22/h1-4,9-10H,5-8H2,(H2,18,22)(H,19,20,21). The number of carbonyl (C=O) groups excluding carboxylic acids is 1. The third kappa shape index (κ3) is 5.32. The molecule has 2 aromatic rings. The van der Waals surface area contributed by atoms with Crippen LogP contribution in [0.25, 0.3) is 0 Å². The van der Waals surface area contributed by atoms with Gasteiger partial charge in [-0.1, -0.05) is 11.8 Å². The second-order valence-corrected chi connectivity index (χ2v) is 7.29. The smallest absolute Gasteiger partial charge is 0.409 e. The maximum atomic E-state index is 10.7. The lowest BCUT2D eigenvalue weighted by molar-refractivity contribution is 0.0903. The second kappa shape index (κ2) is 8.50. The molecule has 1 aromatic heterocycles. The molecule has 1 aromatic carbocycles. The number of hydrogen-bond acceptors (Lipinski definition) is 7. The quantitative estimate of drug-likeness (QED) is 0.708. The molecule has 0 bridgehead atoms. The maximum absolute atomic E-state index is 10.7. The van der Waals surface area contributed by atoms with Gasteiger partial charge in [0.1, 0.15) is 10.8 Å². The van der Waals surface area contributed by atoms with E-state index < -0.39 is 6.09 Å². The number of anilines is 1. The number of primary amides is 1. The molecular weight excluding hydrogens is 408 g/mol. The van der Waals surface area contributed by atoms with Crippen LogP contribution in [0.15, 0.2) is 44.9 Å². The average Bonchev–Trinajstić information content (AvgIpc) is 2.60. The molecule has 0 atom stereocenters. The first-order valence-electron chi connectivity index (χ1n) is 7.72. The summed E-state index contributed by atoms with van der Waals surface area (Å²) in [5.41, 5.74) is 5.00. The lowest BCUT2D eigenvalue weighted by Gasteiger charge is -2.23. The minimum atomic E-state index is -0.831. The summed E-state index contributed by atoms with van der Waals surface area (Å²) in [6.07, 6.45) is 2.80. The van der Waals surface area contributed by atoms with Crippen molar-refractivity contribution in [2.45, 2.75) is 28.8 Å². The predicted molar refractivity (Wildman–Crippen MR) is 98.0 cm³/mol. The molecule has 25 heavy (non-hydrogen) atoms. The van der Waals surface area contributed by atoms with Crippen molar-refractivity contribution >= 4 is 39.7 Å². The molecule has 1 saturated heterocycles. The van der Waals surface area contributed by atoms with E-state index in [2.05, 4.69) is 31.2 Å². The van der Waals surface area contributed by atoms with Gasteiger partial charge in [0.25, 0.3) is 0 Å². The number of aromatic nitrogens is 2. The van der Waals surface area contributed by atoms with Crippen molar-refractivity contribution in [3.05, 3.63) is 34.9 Å². The molecule has 0 spiro atoms. The molecule has 1 aliphatic heterocycles. The molecule has 1 amide bonds. The number of amides is 1. The van der Waals surface area contributed by atoms with Crippen LogP contribution in [0.4, 0.5) is 10.7 Å². The molecule has 0 unspecified atom stereocenters. The summed E-state index contributed by atoms with van der Waals surface area (Å²) < 4.78 is 11.0. The highest BCUT2D eigenvalue weighted by molar-refractivity contribution is 9.10. The van der Waals surface area contributed by atoms with Gasteiger partial charge in [0.05, 0.1) is 4.47 Å². The number of ether oxygens (including phenoxy) is 2. The normalized spacial score (nSPS) is 14.9. The molecular formula is C16H17BrN4O3S. The maximum Gasteiger partial charge on any atom is 0.409 e. The molecule has 0 saturated carbocycles. The van der Waals surface area contributed by atoms with Gasteiger partial charge in [-0.15, -0.1) is 0 Å². The Labute approximate surface area is 157 Å². The van der Waals surface area contributed by atoms with Crippen LogP contribution in [-0.2, 0) is 4.74 Å². The first-order chi connectivity index (χ1) is 12.1. The van der Waals surface area contributed by atoms with Crippen molar-refractivity contribution < 1.29 is 14.3 Å². The Balaban J connectivity index is 1.68. The highest BCUT2D eigenvalue weighted by atomic mass is 79.9. The summed E-state index contributed by atoms with van der Waals surface area (Å²) in [6.45, 7) is 1.52. The minimum absolute atomic E-state index is 0.331. The number of benzene rings is 1. The molecule has 3 N–H and O–H groups in total. The molecule has 1 fully saturated rings. The fraction of sp³-hybridized carbons (Fsp3) is 0.312. The lowest BCUT2D eigenvalue weighted by atomic mass is 10.1. The third-order valence-corrected chi connectivity index (χ3v) is 5.38. The minimum Gasteiger partial charge on any atom is -0.411 e. The fourth-order valence-corrected chi connectivity index (χ4v) is 3.53. The molecule has 9 heteroatoms. The zero-order valence-corrected chi connectivity index (χ0v) is 15.7. The van der Waals surface area contributed by atoms with Gasteiger partial charge in [-0.2, -0.15) is 0 Å². The van der Waals surface area contributed by atoms with Gasteiger partial charge >= 0.3 is 6.09 Å². The van der Waals surface area contributed by atoms with Crippen molar-refractivity contribution in [1.29, 1.82) is 0 Å². The molecule has 1 aliphatic rings. The lowest BCUT2D eigenvalue weighted by Crippen LogP contribution is -2.28. The molecule has 2 heterocycles. The van der Waals surface area contributed by atoms with Crippen molar-refractivity contribution in [2.75, 3.05) is 18.5 Å². The van der Waals surface area contributed by atoms with E-state index in [9.17, 15) is 4.79 Å². The van der Waals surface area contributed by atoms with E-state index in [1.165, 1.54) is 11.8 Å². The summed E-state index contributed by atoms with van der Waals surface area (Å²) >= 11 is 4.96. The number of nitrogens with zero attached hydrogens (tertiary/aromatic N) is 2. The Morgan fingerprint density at radius 3 is 2.72 bits per heavy atom. The topological polar surface area (TPSA) is 99.4 Å². The Bertz CT molecular complexity index is 739. The van der Waals surface area contributed by atoms with Crippen LogP contribution in [0, 0.1) is 0 Å². The number of nitrogens with one attached hydrogen (secondary N) is 1. The Morgan fingerprint density at radius 1 is 1.32 bits per heavy atom. The van der Waals surface area contributed by atoms with Crippen molar-refractivity contribution in [2.24, 2.45) is 5.73 Å². The predicted octanol–water partition coefficient (Wildman–Crippen LogP) is 3.44. The largest absolute Gasteiger partial charge is 0.411 e. The van der Waals surface area contributed by atoms with E-state index in [1.807, 2.05) is 12.1 Å². The van der Waals surface area contributed by atoms with Gasteiger partial charge in [0.2, 0.25) is 5.95 Å². The third-order valence-electron chi connectivity index (χ3n) is 3.52. The van der Waals surface area contributed by atoms with Gasteiger partial charge in [-0.25, -0.2) is 14.8 Å². The summed E-state index contributed by atoms with van der Waals surface area (Å²) in [7, 11) is 0. The summed E-state index contributed by atoms with van der Waals surface area (Å²) in [6, 6.07) is 7.37. The van der Waals surface area contributed by atoms with Gasteiger partial charge < -0.3 is 20.5 Å². The van der Waals surface area contributed by atoms with Crippen LogP contribution in [0.3, 0.4) is 0 Å². The molecule has 7 nitrogen and oxygen atoms in total. The first kappa shape index (κ1) is 18.0. The number of nitrogens with two attached hydrogens (primary N) is 1. The Morgan fingerprint density at radius 2 is 2.04 bits per heavy atom. The van der Waals surface area contributed by atoms with E-state index in [0.717, 1.165) is 40.4 Å². The van der Waals surface area contributed by atoms with Crippen LogP contribution in [0.5, 0.6) is 5.75 Å².